The zero-order chi connectivity index (χ0) is 16.9. The van der Waals surface area contributed by atoms with Crippen LogP contribution < -0.4 is 10.6 Å². The van der Waals surface area contributed by atoms with E-state index >= 15 is 0 Å². The first-order valence-corrected chi connectivity index (χ1v) is 8.98. The zero-order valence-corrected chi connectivity index (χ0v) is 14.2. The van der Waals surface area contributed by atoms with Crippen molar-refractivity contribution in [1.29, 1.82) is 0 Å². The number of hydrogen-bond acceptors (Lipinski definition) is 2. The summed E-state index contributed by atoms with van der Waals surface area (Å²) in [6, 6.07) is 10.2. The van der Waals surface area contributed by atoms with Gasteiger partial charge in [-0.1, -0.05) is 43.7 Å². The van der Waals surface area contributed by atoms with Crippen molar-refractivity contribution >= 4 is 17.9 Å². The Bertz CT molecular complexity index is 611. The molecule has 2 amide bonds. The van der Waals surface area contributed by atoms with Gasteiger partial charge in [-0.25, -0.2) is 0 Å². The number of carbonyl (C=O) groups is 2. The summed E-state index contributed by atoms with van der Waals surface area (Å²) in [4.78, 5) is 24.0. The van der Waals surface area contributed by atoms with Crippen molar-refractivity contribution in [2.45, 2.75) is 51.1 Å². The number of benzene rings is 1. The van der Waals surface area contributed by atoms with E-state index in [1.165, 1.54) is 0 Å². The number of fused-ring (bicyclic) bond motifs is 1. The molecule has 2 fully saturated rings. The Kier molecular flexibility index (Phi) is 5.34. The van der Waals surface area contributed by atoms with Crippen molar-refractivity contribution in [3.05, 3.63) is 42.0 Å². The van der Waals surface area contributed by atoms with Crippen LogP contribution in [0.5, 0.6) is 0 Å². The Balaban J connectivity index is 1.54. The first-order chi connectivity index (χ1) is 11.7. The van der Waals surface area contributed by atoms with Crippen LogP contribution in [0, 0.1) is 11.8 Å². The van der Waals surface area contributed by atoms with Crippen molar-refractivity contribution < 1.29 is 9.59 Å². The van der Waals surface area contributed by atoms with Gasteiger partial charge < -0.3 is 10.6 Å². The minimum atomic E-state index is -0.0588. The Labute approximate surface area is 143 Å². The molecular weight excluding hydrogens is 300 g/mol. The number of piperidine rings is 1. The molecule has 1 aromatic rings. The average molecular weight is 326 g/mol. The molecule has 24 heavy (non-hydrogen) atoms. The van der Waals surface area contributed by atoms with Gasteiger partial charge in [0.25, 0.3) is 0 Å². The van der Waals surface area contributed by atoms with Crippen molar-refractivity contribution in [2.75, 3.05) is 0 Å². The molecule has 4 nitrogen and oxygen atoms in total. The molecule has 2 N–H and O–H groups in total. The number of nitrogens with one attached hydrogen (secondary N) is 2. The summed E-state index contributed by atoms with van der Waals surface area (Å²) in [5, 5.41) is 6.23. The Morgan fingerprint density at radius 3 is 2.83 bits per heavy atom. The molecule has 3 rings (SSSR count). The molecule has 1 aromatic carbocycles. The third kappa shape index (κ3) is 4.05. The monoisotopic (exact) mass is 326 g/mol. The number of amides is 2. The lowest BCUT2D eigenvalue weighted by molar-refractivity contribution is -0.127. The number of rotatable bonds is 4. The van der Waals surface area contributed by atoms with Crippen molar-refractivity contribution in [3.8, 4) is 0 Å². The molecule has 0 radical (unpaired) electrons. The Morgan fingerprint density at radius 2 is 2.08 bits per heavy atom. The molecule has 1 aliphatic carbocycles. The molecule has 0 aromatic heterocycles. The molecule has 1 heterocycles. The van der Waals surface area contributed by atoms with Gasteiger partial charge in [0.15, 0.2) is 0 Å². The fourth-order valence-corrected chi connectivity index (χ4v) is 4.14. The molecule has 0 spiro atoms. The Hall–Kier alpha value is -2.10. The van der Waals surface area contributed by atoms with Gasteiger partial charge >= 0.3 is 0 Å². The molecule has 4 atom stereocenters. The third-order valence-electron chi connectivity index (χ3n) is 5.40. The summed E-state index contributed by atoms with van der Waals surface area (Å²) in [6.45, 7) is 2.17. The fourth-order valence-electron chi connectivity index (χ4n) is 4.14. The third-order valence-corrected chi connectivity index (χ3v) is 5.40. The predicted molar refractivity (Wildman–Crippen MR) is 95.1 cm³/mol. The second-order valence-electron chi connectivity index (χ2n) is 6.97. The largest absolute Gasteiger partial charge is 0.353 e. The second kappa shape index (κ2) is 7.65. The molecule has 2 aliphatic rings. The average Bonchev–Trinajstić information content (AvgIpc) is 2.59. The maximum absolute atomic E-state index is 12.1. The molecule has 1 aliphatic heterocycles. The van der Waals surface area contributed by atoms with Crippen LogP contribution in [0.3, 0.4) is 0 Å². The van der Waals surface area contributed by atoms with Gasteiger partial charge in [0.05, 0.1) is 0 Å². The highest BCUT2D eigenvalue weighted by atomic mass is 16.2. The van der Waals surface area contributed by atoms with E-state index in [2.05, 4.69) is 17.6 Å². The lowest BCUT2D eigenvalue weighted by atomic mass is 9.70. The van der Waals surface area contributed by atoms with E-state index in [0.717, 1.165) is 31.2 Å². The maximum atomic E-state index is 12.1. The van der Waals surface area contributed by atoms with Crippen LogP contribution in [0.4, 0.5) is 0 Å². The standard InChI is InChI=1S/C20H26N2O2/c1-2-15-12-20(24)22-18-13-16(9-10-17(15)18)21-19(23)11-8-14-6-4-3-5-7-14/h3-8,11,15-18H,2,9-10,12-13H2,1H3,(H,21,23)(H,22,24)/b11-8-. The summed E-state index contributed by atoms with van der Waals surface area (Å²) in [6.07, 6.45) is 8.07. The smallest absolute Gasteiger partial charge is 0.244 e. The van der Waals surface area contributed by atoms with Gasteiger partial charge in [-0.15, -0.1) is 0 Å². The molecular formula is C20H26N2O2. The SMILES string of the molecule is CCC1CC(=O)NC2CC(NC(=O)/C=C\c3ccccc3)CCC12. The molecule has 1 saturated heterocycles. The van der Waals surface area contributed by atoms with Gasteiger partial charge in [0, 0.05) is 24.6 Å². The minimum Gasteiger partial charge on any atom is -0.353 e. The lowest BCUT2D eigenvalue weighted by Gasteiger charge is -2.43. The van der Waals surface area contributed by atoms with Crippen LogP contribution in [0.25, 0.3) is 6.08 Å². The van der Waals surface area contributed by atoms with E-state index in [0.29, 0.717) is 18.3 Å². The topological polar surface area (TPSA) is 58.2 Å². The quantitative estimate of drug-likeness (QED) is 0.836. The number of carbonyl (C=O) groups excluding carboxylic acids is 2. The summed E-state index contributed by atoms with van der Waals surface area (Å²) in [5.41, 5.74) is 1.02. The summed E-state index contributed by atoms with van der Waals surface area (Å²) in [5.74, 6) is 1.18. The van der Waals surface area contributed by atoms with Gasteiger partial charge in [0.1, 0.15) is 0 Å². The normalized spacial score (nSPS) is 29.8. The van der Waals surface area contributed by atoms with Crippen LogP contribution >= 0.6 is 0 Å². The highest BCUT2D eigenvalue weighted by Gasteiger charge is 2.39. The zero-order valence-electron chi connectivity index (χ0n) is 14.2. The summed E-state index contributed by atoms with van der Waals surface area (Å²) < 4.78 is 0. The summed E-state index contributed by atoms with van der Waals surface area (Å²) >= 11 is 0. The van der Waals surface area contributed by atoms with E-state index in [9.17, 15) is 9.59 Å². The van der Waals surface area contributed by atoms with E-state index in [4.69, 9.17) is 0 Å². The molecule has 128 valence electrons. The fraction of sp³-hybridized carbons (Fsp3) is 0.500. The van der Waals surface area contributed by atoms with E-state index < -0.39 is 0 Å². The minimum absolute atomic E-state index is 0.0588. The van der Waals surface area contributed by atoms with Crippen molar-refractivity contribution in [1.82, 2.24) is 10.6 Å². The van der Waals surface area contributed by atoms with Crippen LogP contribution in [0.2, 0.25) is 0 Å². The van der Waals surface area contributed by atoms with Gasteiger partial charge in [-0.2, -0.15) is 0 Å². The van der Waals surface area contributed by atoms with Crippen molar-refractivity contribution in [2.24, 2.45) is 11.8 Å². The highest BCUT2D eigenvalue weighted by Crippen LogP contribution is 2.36. The van der Waals surface area contributed by atoms with E-state index in [1.54, 1.807) is 6.08 Å². The number of hydrogen-bond donors (Lipinski definition) is 2. The van der Waals surface area contributed by atoms with Gasteiger partial charge in [-0.05, 0) is 42.7 Å². The predicted octanol–water partition coefficient (Wildman–Crippen LogP) is 2.90. The van der Waals surface area contributed by atoms with Crippen LogP contribution in [0.1, 0.15) is 44.6 Å². The van der Waals surface area contributed by atoms with Crippen LogP contribution in [0.15, 0.2) is 36.4 Å². The van der Waals surface area contributed by atoms with Crippen molar-refractivity contribution in [3.63, 3.8) is 0 Å². The lowest BCUT2D eigenvalue weighted by Crippen LogP contribution is -2.55. The summed E-state index contributed by atoms with van der Waals surface area (Å²) in [7, 11) is 0. The van der Waals surface area contributed by atoms with Gasteiger partial charge in [-0.3, -0.25) is 9.59 Å². The molecule has 1 saturated carbocycles. The Morgan fingerprint density at radius 1 is 1.29 bits per heavy atom. The molecule has 4 unspecified atom stereocenters. The first-order valence-electron chi connectivity index (χ1n) is 8.98. The highest BCUT2D eigenvalue weighted by molar-refractivity contribution is 5.91. The van der Waals surface area contributed by atoms with Crippen LogP contribution in [-0.4, -0.2) is 23.9 Å². The molecule has 0 bridgehead atoms. The van der Waals surface area contributed by atoms with Crippen LogP contribution in [-0.2, 0) is 9.59 Å². The molecule has 4 heteroatoms. The maximum Gasteiger partial charge on any atom is 0.244 e. The second-order valence-corrected chi connectivity index (χ2v) is 6.97. The first kappa shape index (κ1) is 16.7. The van der Waals surface area contributed by atoms with Gasteiger partial charge in [0.2, 0.25) is 11.8 Å². The van der Waals surface area contributed by atoms with E-state index in [1.807, 2.05) is 36.4 Å². The van der Waals surface area contributed by atoms with E-state index in [-0.39, 0.29) is 23.9 Å².